The average molecular weight is 260 g/mol. The fourth-order valence-electron chi connectivity index (χ4n) is 0.778. The number of Topliss-reactive ketones (excluding diaryl/α,β-unsaturated/α-hetero) is 2. The van der Waals surface area contributed by atoms with Crippen molar-refractivity contribution in [3.8, 4) is 0 Å². The van der Waals surface area contributed by atoms with Crippen molar-refractivity contribution in [2.24, 2.45) is 5.92 Å². The minimum Gasteiger partial charge on any atom is -0.466 e. The molecule has 0 saturated heterocycles. The lowest BCUT2D eigenvalue weighted by Gasteiger charge is -1.95. The SMILES string of the molecule is CC(=O)CC(C)C.CCC(C)=O.CCOC(C)=O. The number of esters is 1. The second kappa shape index (κ2) is 15.8. The molecule has 4 heteroatoms. The van der Waals surface area contributed by atoms with E-state index in [4.69, 9.17) is 0 Å². The molecular weight excluding hydrogens is 232 g/mol. The second-order valence-corrected chi connectivity index (χ2v) is 4.28. The van der Waals surface area contributed by atoms with Crippen LogP contribution in [0.3, 0.4) is 0 Å². The van der Waals surface area contributed by atoms with Crippen molar-refractivity contribution < 1.29 is 19.1 Å². The van der Waals surface area contributed by atoms with Crippen molar-refractivity contribution in [1.29, 1.82) is 0 Å². The van der Waals surface area contributed by atoms with Gasteiger partial charge >= 0.3 is 5.97 Å². The summed E-state index contributed by atoms with van der Waals surface area (Å²) in [7, 11) is 0. The lowest BCUT2D eigenvalue weighted by atomic mass is 10.1. The third-order valence-corrected chi connectivity index (χ3v) is 1.54. The van der Waals surface area contributed by atoms with E-state index in [-0.39, 0.29) is 17.5 Å². The Morgan fingerprint density at radius 3 is 1.33 bits per heavy atom. The number of carbonyl (C=O) groups is 3. The molecule has 0 rings (SSSR count). The molecule has 0 aliphatic heterocycles. The Morgan fingerprint density at radius 2 is 1.33 bits per heavy atom. The Bertz CT molecular complexity index is 232. The topological polar surface area (TPSA) is 60.4 Å². The third kappa shape index (κ3) is 46.3. The maximum Gasteiger partial charge on any atom is 0.302 e. The van der Waals surface area contributed by atoms with Crippen LogP contribution in [0.1, 0.15) is 61.3 Å². The number of hydrogen-bond donors (Lipinski definition) is 0. The van der Waals surface area contributed by atoms with Crippen molar-refractivity contribution in [3.63, 3.8) is 0 Å². The van der Waals surface area contributed by atoms with E-state index in [2.05, 4.69) is 4.74 Å². The van der Waals surface area contributed by atoms with Gasteiger partial charge in [-0.25, -0.2) is 0 Å². The summed E-state index contributed by atoms with van der Waals surface area (Å²) in [5.74, 6) is 0.856. The van der Waals surface area contributed by atoms with Crippen LogP contribution in [-0.4, -0.2) is 24.1 Å². The van der Waals surface area contributed by atoms with Gasteiger partial charge < -0.3 is 14.3 Å². The number of rotatable bonds is 4. The first-order valence-corrected chi connectivity index (χ1v) is 6.29. The van der Waals surface area contributed by atoms with E-state index in [1.165, 1.54) is 6.92 Å². The smallest absolute Gasteiger partial charge is 0.302 e. The summed E-state index contributed by atoms with van der Waals surface area (Å²) in [5.41, 5.74) is 0. The Hall–Kier alpha value is -1.19. The molecule has 0 saturated carbocycles. The Kier molecular flexibility index (Phi) is 19.4. The van der Waals surface area contributed by atoms with Gasteiger partial charge in [-0.05, 0) is 26.7 Å². The first-order chi connectivity index (χ1) is 8.17. The van der Waals surface area contributed by atoms with E-state index < -0.39 is 0 Å². The van der Waals surface area contributed by atoms with E-state index in [0.717, 1.165) is 6.42 Å². The largest absolute Gasteiger partial charge is 0.466 e. The van der Waals surface area contributed by atoms with Gasteiger partial charge in [-0.2, -0.15) is 0 Å². The minimum absolute atomic E-state index is 0.211. The maximum atomic E-state index is 10.3. The summed E-state index contributed by atoms with van der Waals surface area (Å²) in [6, 6.07) is 0. The van der Waals surface area contributed by atoms with Gasteiger partial charge in [0, 0.05) is 19.8 Å². The molecule has 0 spiro atoms. The van der Waals surface area contributed by atoms with E-state index in [9.17, 15) is 14.4 Å². The third-order valence-electron chi connectivity index (χ3n) is 1.54. The molecule has 0 aromatic carbocycles. The summed E-state index contributed by atoms with van der Waals surface area (Å²) in [6.45, 7) is 12.8. The Morgan fingerprint density at radius 1 is 0.944 bits per heavy atom. The predicted octanol–water partition coefficient (Wildman–Crippen LogP) is 3.18. The average Bonchev–Trinajstić information content (AvgIpc) is 2.16. The lowest BCUT2D eigenvalue weighted by Crippen LogP contribution is -1.95. The van der Waals surface area contributed by atoms with Crippen LogP contribution in [0.4, 0.5) is 0 Å². The standard InChI is InChI=1S/C6H12O.C4H8O2.C4H8O/c1-5(2)4-6(3)7;1-3-6-4(2)5;1-3-4(2)5/h5H,4H2,1-3H3;3H2,1-2H3;3H2,1-2H3. The van der Waals surface area contributed by atoms with E-state index in [0.29, 0.717) is 18.9 Å². The monoisotopic (exact) mass is 260 g/mol. The lowest BCUT2D eigenvalue weighted by molar-refractivity contribution is -0.140. The number of carbonyl (C=O) groups excluding carboxylic acids is 3. The summed E-state index contributed by atoms with van der Waals surface area (Å²) >= 11 is 0. The molecule has 0 radical (unpaired) electrons. The molecule has 0 bridgehead atoms. The van der Waals surface area contributed by atoms with Crippen LogP contribution >= 0.6 is 0 Å². The van der Waals surface area contributed by atoms with Gasteiger partial charge in [0.2, 0.25) is 0 Å². The predicted molar refractivity (Wildman–Crippen MR) is 73.4 cm³/mol. The highest BCUT2D eigenvalue weighted by molar-refractivity contribution is 5.75. The van der Waals surface area contributed by atoms with E-state index in [1.54, 1.807) is 20.8 Å². The highest BCUT2D eigenvalue weighted by Gasteiger charge is 1.95. The molecule has 0 aliphatic rings. The maximum absolute atomic E-state index is 10.3. The normalized spacial score (nSPS) is 8.44. The molecule has 4 nitrogen and oxygen atoms in total. The molecule has 0 aromatic heterocycles. The number of hydrogen-bond acceptors (Lipinski definition) is 4. The first kappa shape index (κ1) is 22.0. The van der Waals surface area contributed by atoms with Crippen LogP contribution in [0.15, 0.2) is 0 Å². The minimum atomic E-state index is -0.211. The Balaban J connectivity index is -0.000000190. The van der Waals surface area contributed by atoms with Gasteiger partial charge in [-0.1, -0.05) is 20.8 Å². The zero-order valence-electron chi connectivity index (χ0n) is 12.8. The van der Waals surface area contributed by atoms with Gasteiger partial charge in [0.05, 0.1) is 6.61 Å². The fraction of sp³-hybridized carbons (Fsp3) is 0.786. The van der Waals surface area contributed by atoms with Crippen LogP contribution in [-0.2, 0) is 19.1 Å². The zero-order valence-corrected chi connectivity index (χ0v) is 12.8. The van der Waals surface area contributed by atoms with Crippen LogP contribution < -0.4 is 0 Å². The van der Waals surface area contributed by atoms with Crippen molar-refractivity contribution >= 4 is 17.5 Å². The van der Waals surface area contributed by atoms with Crippen LogP contribution in [0.5, 0.6) is 0 Å². The molecular formula is C14H28O4. The first-order valence-electron chi connectivity index (χ1n) is 6.29. The van der Waals surface area contributed by atoms with E-state index >= 15 is 0 Å². The summed E-state index contributed by atoms with van der Waals surface area (Å²) in [6.07, 6.45) is 1.39. The van der Waals surface area contributed by atoms with Gasteiger partial charge in [0.1, 0.15) is 11.6 Å². The molecule has 18 heavy (non-hydrogen) atoms. The van der Waals surface area contributed by atoms with Gasteiger partial charge in [0.15, 0.2) is 0 Å². The van der Waals surface area contributed by atoms with E-state index in [1.807, 2.05) is 20.8 Å². The molecule has 0 N–H and O–H groups in total. The van der Waals surface area contributed by atoms with Crippen molar-refractivity contribution in [2.45, 2.75) is 61.3 Å². The fourth-order valence-corrected chi connectivity index (χ4v) is 0.778. The quantitative estimate of drug-likeness (QED) is 0.728. The summed E-state index contributed by atoms with van der Waals surface area (Å²) in [4.78, 5) is 29.9. The van der Waals surface area contributed by atoms with Crippen LogP contribution in [0, 0.1) is 5.92 Å². The molecule has 0 fully saturated rings. The zero-order chi connectivity index (χ0) is 15.1. The van der Waals surface area contributed by atoms with Crippen molar-refractivity contribution in [1.82, 2.24) is 0 Å². The second-order valence-electron chi connectivity index (χ2n) is 4.28. The van der Waals surface area contributed by atoms with Gasteiger partial charge in [-0.15, -0.1) is 0 Å². The molecule has 0 unspecified atom stereocenters. The molecule has 0 heterocycles. The van der Waals surface area contributed by atoms with Crippen molar-refractivity contribution in [3.05, 3.63) is 0 Å². The van der Waals surface area contributed by atoms with Gasteiger partial charge in [0.25, 0.3) is 0 Å². The van der Waals surface area contributed by atoms with Gasteiger partial charge in [-0.3, -0.25) is 4.79 Å². The molecule has 0 aromatic rings. The van der Waals surface area contributed by atoms with Crippen LogP contribution in [0.25, 0.3) is 0 Å². The number of ether oxygens (including phenoxy) is 1. The molecule has 0 aliphatic carbocycles. The Labute approximate surface area is 111 Å². The molecule has 108 valence electrons. The highest BCUT2D eigenvalue weighted by Crippen LogP contribution is 1.97. The summed E-state index contributed by atoms with van der Waals surface area (Å²) < 4.78 is 4.40. The number of ketones is 2. The molecule has 0 atom stereocenters. The van der Waals surface area contributed by atoms with Crippen molar-refractivity contribution in [2.75, 3.05) is 6.61 Å². The highest BCUT2D eigenvalue weighted by atomic mass is 16.5. The summed E-state index contributed by atoms with van der Waals surface area (Å²) in [5, 5.41) is 0. The molecule has 0 amide bonds. The van der Waals surface area contributed by atoms with Crippen LogP contribution in [0.2, 0.25) is 0 Å².